The summed E-state index contributed by atoms with van der Waals surface area (Å²) >= 11 is 6.18. The van der Waals surface area contributed by atoms with Gasteiger partial charge in [0.05, 0.1) is 27.3 Å². The van der Waals surface area contributed by atoms with E-state index >= 15 is 0 Å². The van der Waals surface area contributed by atoms with Crippen LogP contribution in [0.3, 0.4) is 0 Å². The monoisotopic (exact) mass is 340 g/mol. The fraction of sp³-hybridized carbons (Fsp3) is 0.0588. The van der Waals surface area contributed by atoms with Crippen LogP contribution in [0.15, 0.2) is 36.4 Å². The van der Waals surface area contributed by atoms with Crippen LogP contribution in [-0.2, 0) is 0 Å². The highest BCUT2D eigenvalue weighted by molar-refractivity contribution is 6.33. The molecule has 0 saturated heterocycles. The van der Waals surface area contributed by atoms with E-state index in [2.05, 4.69) is 15.2 Å². The third-order valence-electron chi connectivity index (χ3n) is 3.84. The highest BCUT2D eigenvalue weighted by Gasteiger charge is 2.19. The number of aldehydes is 1. The van der Waals surface area contributed by atoms with Crippen molar-refractivity contribution in [3.05, 3.63) is 58.5 Å². The predicted octanol–water partition coefficient (Wildman–Crippen LogP) is 3.86. The number of carbonyl (C=O) groups excluding carboxylic acids is 1. The summed E-state index contributed by atoms with van der Waals surface area (Å²) in [7, 11) is 0. The van der Waals surface area contributed by atoms with Gasteiger partial charge < -0.3 is 0 Å². The summed E-state index contributed by atoms with van der Waals surface area (Å²) in [4.78, 5) is 15.6. The topological polar surface area (TPSA) is 60.2 Å². The molecule has 0 aliphatic heterocycles. The van der Waals surface area contributed by atoms with Crippen LogP contribution >= 0.6 is 11.6 Å². The molecule has 2 aromatic carbocycles. The number of aromatic nitrogens is 4. The lowest BCUT2D eigenvalue weighted by atomic mass is 10.1. The lowest BCUT2D eigenvalue weighted by Gasteiger charge is -2.08. The average Bonchev–Trinajstić information content (AvgIpc) is 3.00. The molecule has 0 amide bonds. The summed E-state index contributed by atoms with van der Waals surface area (Å²) in [5, 5.41) is 8.47. The third-order valence-corrected chi connectivity index (χ3v) is 4.15. The van der Waals surface area contributed by atoms with Crippen molar-refractivity contribution >= 4 is 34.6 Å². The van der Waals surface area contributed by atoms with Gasteiger partial charge in [0.15, 0.2) is 11.5 Å². The molecule has 0 saturated carbocycles. The van der Waals surface area contributed by atoms with Gasteiger partial charge in [-0.15, -0.1) is 10.2 Å². The molecular weight excluding hydrogens is 331 g/mol. The van der Waals surface area contributed by atoms with Crippen molar-refractivity contribution in [3.8, 4) is 11.4 Å². The first kappa shape index (κ1) is 14.7. The Hall–Kier alpha value is -2.86. The van der Waals surface area contributed by atoms with Crippen molar-refractivity contribution in [3.63, 3.8) is 0 Å². The molecule has 0 N–H and O–H groups in total. The van der Waals surface area contributed by atoms with Gasteiger partial charge in [-0.25, -0.2) is 9.37 Å². The average molecular weight is 341 g/mol. The molecule has 118 valence electrons. The van der Waals surface area contributed by atoms with Crippen molar-refractivity contribution in [2.75, 3.05) is 0 Å². The van der Waals surface area contributed by atoms with Gasteiger partial charge >= 0.3 is 0 Å². The minimum absolute atomic E-state index is 0.162. The highest BCUT2D eigenvalue weighted by atomic mass is 35.5. The molecule has 2 heterocycles. The fourth-order valence-electron chi connectivity index (χ4n) is 2.74. The van der Waals surface area contributed by atoms with Crippen LogP contribution in [-0.4, -0.2) is 25.9 Å². The van der Waals surface area contributed by atoms with Gasteiger partial charge in [-0.1, -0.05) is 17.7 Å². The van der Waals surface area contributed by atoms with Crippen molar-refractivity contribution in [1.82, 2.24) is 19.6 Å². The van der Waals surface area contributed by atoms with E-state index in [1.165, 1.54) is 12.1 Å². The number of benzene rings is 2. The zero-order valence-electron chi connectivity index (χ0n) is 12.5. The molecule has 0 unspecified atom stereocenters. The summed E-state index contributed by atoms with van der Waals surface area (Å²) in [6, 6.07) is 9.51. The van der Waals surface area contributed by atoms with Gasteiger partial charge in [-0.2, -0.15) is 0 Å². The molecule has 2 aromatic heterocycles. The van der Waals surface area contributed by atoms with Crippen LogP contribution in [0, 0.1) is 12.7 Å². The van der Waals surface area contributed by atoms with E-state index in [0.717, 1.165) is 6.29 Å². The van der Waals surface area contributed by atoms with Crippen LogP contribution in [0.1, 0.15) is 16.1 Å². The maximum absolute atomic E-state index is 14.4. The minimum atomic E-state index is -0.494. The minimum Gasteiger partial charge on any atom is -0.298 e. The quantitative estimate of drug-likeness (QED) is 0.520. The molecule has 7 heteroatoms. The van der Waals surface area contributed by atoms with E-state index in [-0.39, 0.29) is 16.4 Å². The number of hydrogen-bond donors (Lipinski definition) is 0. The number of nitrogens with zero attached hydrogens (tertiary/aromatic N) is 4. The molecule has 0 atom stereocenters. The van der Waals surface area contributed by atoms with E-state index in [0.29, 0.717) is 27.9 Å². The van der Waals surface area contributed by atoms with Crippen molar-refractivity contribution in [2.45, 2.75) is 6.92 Å². The Balaban J connectivity index is 2.20. The summed E-state index contributed by atoms with van der Waals surface area (Å²) in [5.41, 5.74) is 3.04. The largest absolute Gasteiger partial charge is 0.298 e. The van der Waals surface area contributed by atoms with Crippen LogP contribution in [0.2, 0.25) is 5.02 Å². The number of rotatable bonds is 2. The first-order valence-corrected chi connectivity index (χ1v) is 7.53. The zero-order chi connectivity index (χ0) is 16.8. The Kier molecular flexibility index (Phi) is 3.28. The first-order valence-electron chi connectivity index (χ1n) is 7.15. The van der Waals surface area contributed by atoms with Crippen LogP contribution in [0.5, 0.6) is 0 Å². The predicted molar refractivity (Wildman–Crippen MR) is 88.8 cm³/mol. The Morgan fingerprint density at radius 2 is 2.04 bits per heavy atom. The molecule has 0 aliphatic rings. The lowest BCUT2D eigenvalue weighted by Crippen LogP contribution is -1.99. The second-order valence-corrected chi connectivity index (χ2v) is 5.75. The molecule has 5 nitrogen and oxygen atoms in total. The number of aryl methyl sites for hydroxylation is 1. The van der Waals surface area contributed by atoms with Crippen molar-refractivity contribution in [2.24, 2.45) is 0 Å². The number of halogens is 2. The Morgan fingerprint density at radius 3 is 2.79 bits per heavy atom. The number of hydrogen-bond acceptors (Lipinski definition) is 4. The molecule has 0 fully saturated rings. The Morgan fingerprint density at radius 1 is 1.21 bits per heavy atom. The van der Waals surface area contributed by atoms with Crippen molar-refractivity contribution < 1.29 is 9.18 Å². The molecule has 0 spiro atoms. The van der Waals surface area contributed by atoms with Crippen LogP contribution in [0.25, 0.3) is 28.1 Å². The van der Waals surface area contributed by atoms with Gasteiger partial charge in [0, 0.05) is 5.56 Å². The fourth-order valence-corrected chi connectivity index (χ4v) is 2.99. The summed E-state index contributed by atoms with van der Waals surface area (Å²) in [6.45, 7) is 1.80. The second kappa shape index (κ2) is 5.35. The smallest absolute Gasteiger partial charge is 0.183 e. The number of fused-ring (bicyclic) bond motifs is 3. The normalized spacial score (nSPS) is 11.3. The molecule has 0 aliphatic carbocycles. The van der Waals surface area contributed by atoms with Crippen LogP contribution < -0.4 is 0 Å². The summed E-state index contributed by atoms with van der Waals surface area (Å²) < 4.78 is 16.0. The van der Waals surface area contributed by atoms with E-state index in [4.69, 9.17) is 11.6 Å². The Labute approximate surface area is 140 Å². The summed E-state index contributed by atoms with van der Waals surface area (Å²) in [5.74, 6) is -0.224. The van der Waals surface area contributed by atoms with E-state index in [1.54, 1.807) is 35.6 Å². The van der Waals surface area contributed by atoms with Crippen LogP contribution in [0.4, 0.5) is 4.39 Å². The third kappa shape index (κ3) is 2.07. The molecule has 4 aromatic rings. The number of carbonyl (C=O) groups is 1. The standard InChI is InChI=1S/C17H10ClFN4O/c1-9-16-21-22-17(15-11(18)3-2-4-12(15)19)23(16)14-7-10(8-24)5-6-13(14)20-9/h2-8H,1H3. The molecular formula is C17H10ClFN4O. The maximum Gasteiger partial charge on any atom is 0.183 e. The van der Waals surface area contributed by atoms with Gasteiger partial charge in [0.25, 0.3) is 0 Å². The molecule has 24 heavy (non-hydrogen) atoms. The lowest BCUT2D eigenvalue weighted by molar-refractivity contribution is 0.112. The SMILES string of the molecule is Cc1nc2ccc(C=O)cc2n2c(-c3c(F)cccc3Cl)nnc12. The molecule has 0 bridgehead atoms. The summed E-state index contributed by atoms with van der Waals surface area (Å²) in [6.07, 6.45) is 0.741. The second-order valence-electron chi connectivity index (χ2n) is 5.34. The van der Waals surface area contributed by atoms with E-state index in [1.807, 2.05) is 0 Å². The molecule has 4 rings (SSSR count). The van der Waals surface area contributed by atoms with Gasteiger partial charge in [-0.05, 0) is 37.3 Å². The Bertz CT molecular complexity index is 1100. The molecule has 0 radical (unpaired) electrons. The van der Waals surface area contributed by atoms with Gasteiger partial charge in [0.1, 0.15) is 12.1 Å². The van der Waals surface area contributed by atoms with Gasteiger partial charge in [-0.3, -0.25) is 9.20 Å². The van der Waals surface area contributed by atoms with E-state index < -0.39 is 5.82 Å². The first-order chi connectivity index (χ1) is 11.6. The maximum atomic E-state index is 14.4. The zero-order valence-corrected chi connectivity index (χ0v) is 13.3. The van der Waals surface area contributed by atoms with E-state index in [9.17, 15) is 9.18 Å². The highest BCUT2D eigenvalue weighted by Crippen LogP contribution is 2.31. The van der Waals surface area contributed by atoms with Gasteiger partial charge in [0.2, 0.25) is 0 Å². The van der Waals surface area contributed by atoms with Crippen molar-refractivity contribution in [1.29, 1.82) is 0 Å².